The monoisotopic (exact) mass is 316 g/mol. The minimum absolute atomic E-state index is 0.201. The van der Waals surface area contributed by atoms with Gasteiger partial charge in [-0.3, -0.25) is 0 Å². The summed E-state index contributed by atoms with van der Waals surface area (Å²) in [6, 6.07) is 1.36. The molecule has 0 amide bonds. The van der Waals surface area contributed by atoms with E-state index in [1.807, 2.05) is 13.8 Å². The highest BCUT2D eigenvalue weighted by Crippen LogP contribution is 2.20. The van der Waals surface area contributed by atoms with Crippen LogP contribution in [0.5, 0.6) is 0 Å². The van der Waals surface area contributed by atoms with Crippen molar-refractivity contribution in [2.45, 2.75) is 19.6 Å². The van der Waals surface area contributed by atoms with E-state index in [-0.39, 0.29) is 4.60 Å². The fourth-order valence-corrected chi connectivity index (χ4v) is 1.60. The molecule has 1 aromatic rings. The smallest absolute Gasteiger partial charge is 0.163 e. The quantitative estimate of drug-likeness (QED) is 0.852. The van der Waals surface area contributed by atoms with Crippen molar-refractivity contribution in [3.8, 4) is 0 Å². The van der Waals surface area contributed by atoms with Crippen LogP contribution in [0.4, 0.5) is 10.1 Å². The van der Waals surface area contributed by atoms with Gasteiger partial charge in [0.1, 0.15) is 4.60 Å². The molecular formula is C12H14BrFN2O2. The average molecular weight is 317 g/mol. The lowest BCUT2D eigenvalue weighted by molar-refractivity contribution is -0.225. The van der Waals surface area contributed by atoms with Crippen LogP contribution in [0, 0.1) is 5.82 Å². The second kappa shape index (κ2) is 5.34. The van der Waals surface area contributed by atoms with Gasteiger partial charge in [0.25, 0.3) is 0 Å². The third kappa shape index (κ3) is 3.51. The van der Waals surface area contributed by atoms with Gasteiger partial charge in [-0.05, 0) is 35.4 Å². The Morgan fingerprint density at radius 2 is 2.11 bits per heavy atom. The number of pyridine rings is 1. The van der Waals surface area contributed by atoms with Crippen LogP contribution in [0.3, 0.4) is 0 Å². The average Bonchev–Trinajstić information content (AvgIpc) is 2.32. The summed E-state index contributed by atoms with van der Waals surface area (Å²) in [5, 5.41) is 2.96. The van der Waals surface area contributed by atoms with E-state index in [9.17, 15) is 4.39 Å². The lowest BCUT2D eigenvalue weighted by Gasteiger charge is -2.31. The highest BCUT2D eigenvalue weighted by atomic mass is 79.9. The first kappa shape index (κ1) is 13.5. The Labute approximate surface area is 113 Å². The van der Waals surface area contributed by atoms with Gasteiger partial charge in [-0.15, -0.1) is 0 Å². The fourth-order valence-electron chi connectivity index (χ4n) is 1.39. The van der Waals surface area contributed by atoms with E-state index in [0.29, 0.717) is 18.9 Å². The molecule has 0 spiro atoms. The zero-order chi connectivity index (χ0) is 13.2. The van der Waals surface area contributed by atoms with Crippen molar-refractivity contribution in [2.75, 3.05) is 18.5 Å². The van der Waals surface area contributed by atoms with Crippen LogP contribution in [0.15, 0.2) is 28.6 Å². The van der Waals surface area contributed by atoms with Crippen LogP contribution in [-0.4, -0.2) is 24.0 Å². The van der Waals surface area contributed by atoms with Gasteiger partial charge < -0.3 is 14.8 Å². The Bertz CT molecular complexity index is 465. The molecule has 98 valence electrons. The summed E-state index contributed by atoms with van der Waals surface area (Å²) in [4.78, 5) is 3.85. The predicted octanol–water partition coefficient (Wildman–Crippen LogP) is 3.06. The van der Waals surface area contributed by atoms with Crippen molar-refractivity contribution in [2.24, 2.45) is 0 Å². The molecule has 1 N–H and O–H groups in total. The van der Waals surface area contributed by atoms with Gasteiger partial charge in [0, 0.05) is 12.3 Å². The molecule has 1 aliphatic heterocycles. The lowest BCUT2D eigenvalue weighted by Crippen LogP contribution is -2.35. The molecule has 1 saturated heterocycles. The number of nitrogens with zero attached hydrogens (tertiary/aromatic N) is 1. The Morgan fingerprint density at radius 1 is 1.44 bits per heavy atom. The molecule has 0 bridgehead atoms. The molecule has 1 aromatic heterocycles. The third-order valence-electron chi connectivity index (χ3n) is 2.45. The summed E-state index contributed by atoms with van der Waals surface area (Å²) < 4.78 is 24.4. The second-order valence-corrected chi connectivity index (χ2v) is 5.17. The summed E-state index contributed by atoms with van der Waals surface area (Å²) in [5.41, 5.74) is 1.53. The zero-order valence-electron chi connectivity index (χ0n) is 10.2. The van der Waals surface area contributed by atoms with E-state index in [1.54, 1.807) is 12.4 Å². The summed E-state index contributed by atoms with van der Waals surface area (Å²) in [6.07, 6.45) is 3.29. The van der Waals surface area contributed by atoms with E-state index in [1.165, 1.54) is 6.07 Å². The third-order valence-corrected chi connectivity index (χ3v) is 3.03. The van der Waals surface area contributed by atoms with Gasteiger partial charge in [-0.1, -0.05) is 0 Å². The minimum atomic E-state index is -0.539. The number of rotatable bonds is 2. The maximum Gasteiger partial charge on any atom is 0.163 e. The molecule has 0 radical (unpaired) electrons. The fraction of sp³-hybridized carbons (Fsp3) is 0.417. The van der Waals surface area contributed by atoms with Crippen LogP contribution < -0.4 is 5.32 Å². The Balaban J connectivity index is 1.97. The summed E-state index contributed by atoms with van der Waals surface area (Å²) in [6.45, 7) is 4.72. The number of halogens is 2. The van der Waals surface area contributed by atoms with E-state index in [2.05, 4.69) is 26.2 Å². The van der Waals surface area contributed by atoms with E-state index < -0.39 is 11.6 Å². The molecule has 0 aliphatic carbocycles. The summed E-state index contributed by atoms with van der Waals surface area (Å²) in [7, 11) is 0. The highest BCUT2D eigenvalue weighted by Gasteiger charge is 2.24. The molecule has 0 saturated carbocycles. The molecule has 4 nitrogen and oxygen atoms in total. The largest absolute Gasteiger partial charge is 0.360 e. The first-order chi connectivity index (χ1) is 8.46. The number of aromatic nitrogens is 1. The SMILES string of the molecule is CC1(C)OCC(=CNc2cnc(Br)c(F)c2)CO1. The van der Waals surface area contributed by atoms with Crippen LogP contribution in [0.2, 0.25) is 0 Å². The predicted molar refractivity (Wildman–Crippen MR) is 69.6 cm³/mol. The second-order valence-electron chi connectivity index (χ2n) is 4.42. The van der Waals surface area contributed by atoms with Crippen molar-refractivity contribution < 1.29 is 13.9 Å². The summed E-state index contributed by atoms with van der Waals surface area (Å²) >= 11 is 3.00. The Morgan fingerprint density at radius 3 is 2.72 bits per heavy atom. The first-order valence-corrected chi connectivity index (χ1v) is 6.29. The summed E-state index contributed by atoms with van der Waals surface area (Å²) in [5.74, 6) is -0.946. The minimum Gasteiger partial charge on any atom is -0.360 e. The number of anilines is 1. The standard InChI is InChI=1S/C12H14BrFN2O2/c1-12(2)17-6-8(7-18-12)4-15-9-3-10(14)11(13)16-5-9/h3-5,15H,6-7H2,1-2H3. The molecule has 6 heteroatoms. The van der Waals surface area contributed by atoms with Crippen LogP contribution in [0.25, 0.3) is 0 Å². The van der Waals surface area contributed by atoms with Crippen molar-refractivity contribution in [3.05, 3.63) is 34.5 Å². The number of hydrogen-bond acceptors (Lipinski definition) is 4. The van der Waals surface area contributed by atoms with Gasteiger partial charge in [0.2, 0.25) is 0 Å². The van der Waals surface area contributed by atoms with Crippen molar-refractivity contribution in [1.82, 2.24) is 4.98 Å². The number of nitrogens with one attached hydrogen (secondary N) is 1. The maximum atomic E-state index is 13.2. The molecule has 18 heavy (non-hydrogen) atoms. The van der Waals surface area contributed by atoms with Gasteiger partial charge in [0.15, 0.2) is 11.6 Å². The Kier molecular flexibility index (Phi) is 3.99. The van der Waals surface area contributed by atoms with Gasteiger partial charge in [-0.25, -0.2) is 9.37 Å². The van der Waals surface area contributed by atoms with Crippen LogP contribution in [-0.2, 0) is 9.47 Å². The van der Waals surface area contributed by atoms with Crippen molar-refractivity contribution in [1.29, 1.82) is 0 Å². The van der Waals surface area contributed by atoms with E-state index >= 15 is 0 Å². The van der Waals surface area contributed by atoms with Gasteiger partial charge in [0.05, 0.1) is 25.1 Å². The molecule has 0 unspecified atom stereocenters. The van der Waals surface area contributed by atoms with Gasteiger partial charge >= 0.3 is 0 Å². The molecular weight excluding hydrogens is 303 g/mol. The first-order valence-electron chi connectivity index (χ1n) is 5.50. The molecule has 2 heterocycles. The zero-order valence-corrected chi connectivity index (χ0v) is 11.8. The van der Waals surface area contributed by atoms with E-state index in [0.717, 1.165) is 5.57 Å². The van der Waals surface area contributed by atoms with E-state index in [4.69, 9.17) is 9.47 Å². The maximum absolute atomic E-state index is 13.2. The number of hydrogen-bond donors (Lipinski definition) is 1. The Hall–Kier alpha value is -0.980. The van der Waals surface area contributed by atoms with Crippen LogP contribution >= 0.6 is 15.9 Å². The lowest BCUT2D eigenvalue weighted by atomic mass is 10.2. The molecule has 2 rings (SSSR count). The van der Waals surface area contributed by atoms with Crippen LogP contribution in [0.1, 0.15) is 13.8 Å². The highest BCUT2D eigenvalue weighted by molar-refractivity contribution is 9.10. The topological polar surface area (TPSA) is 43.4 Å². The normalized spacial score (nSPS) is 18.6. The molecule has 1 fully saturated rings. The molecule has 0 atom stereocenters. The number of ether oxygens (including phenoxy) is 2. The van der Waals surface area contributed by atoms with Crippen molar-refractivity contribution in [3.63, 3.8) is 0 Å². The van der Waals surface area contributed by atoms with Gasteiger partial charge in [-0.2, -0.15) is 0 Å². The molecule has 0 aromatic carbocycles. The molecule has 1 aliphatic rings. The van der Waals surface area contributed by atoms with Crippen molar-refractivity contribution >= 4 is 21.6 Å².